The van der Waals surface area contributed by atoms with Crippen molar-refractivity contribution in [2.24, 2.45) is 0 Å². The summed E-state index contributed by atoms with van der Waals surface area (Å²) < 4.78 is 5.37. The Morgan fingerprint density at radius 3 is 2.24 bits per heavy atom. The Kier molecular flexibility index (Phi) is 5.05. The number of para-hydroxylation sites is 2. The van der Waals surface area contributed by atoms with E-state index in [4.69, 9.17) is 16.3 Å². The fraction of sp³-hybridized carbons (Fsp3) is 0.158. The molecule has 0 spiro atoms. The van der Waals surface area contributed by atoms with Crippen LogP contribution in [0.25, 0.3) is 0 Å². The van der Waals surface area contributed by atoms with E-state index in [0.29, 0.717) is 22.5 Å². The van der Waals surface area contributed by atoms with E-state index in [1.165, 1.54) is 0 Å². The van der Waals surface area contributed by atoms with Crippen LogP contribution in [0.15, 0.2) is 48.5 Å². The first-order chi connectivity index (χ1) is 12.0. The average Bonchev–Trinajstić information content (AvgIpc) is 2.57. The molecule has 0 saturated heterocycles. The van der Waals surface area contributed by atoms with Crippen molar-refractivity contribution in [1.82, 2.24) is 9.97 Å². The van der Waals surface area contributed by atoms with Gasteiger partial charge in [-0.3, -0.25) is 0 Å². The van der Waals surface area contributed by atoms with Crippen molar-refractivity contribution in [3.8, 4) is 5.75 Å². The molecule has 25 heavy (non-hydrogen) atoms. The van der Waals surface area contributed by atoms with Gasteiger partial charge in [0.2, 0.25) is 0 Å². The van der Waals surface area contributed by atoms with Crippen LogP contribution in [0, 0.1) is 13.8 Å². The molecular weight excluding hydrogens is 336 g/mol. The van der Waals surface area contributed by atoms with E-state index >= 15 is 0 Å². The lowest BCUT2D eigenvalue weighted by atomic mass is 10.2. The van der Waals surface area contributed by atoms with Gasteiger partial charge in [0.1, 0.15) is 23.2 Å². The summed E-state index contributed by atoms with van der Waals surface area (Å²) in [6.45, 7) is 3.85. The molecule has 0 bridgehead atoms. The highest BCUT2D eigenvalue weighted by Gasteiger charge is 2.07. The summed E-state index contributed by atoms with van der Waals surface area (Å²) in [6.07, 6.45) is 0. The maximum absolute atomic E-state index is 6.01. The second-order valence-electron chi connectivity index (χ2n) is 5.60. The van der Waals surface area contributed by atoms with E-state index in [9.17, 15) is 0 Å². The molecule has 0 radical (unpaired) electrons. The number of anilines is 4. The zero-order valence-electron chi connectivity index (χ0n) is 14.3. The summed E-state index contributed by atoms with van der Waals surface area (Å²) in [5.41, 5.74) is 2.84. The average molecular weight is 355 g/mol. The summed E-state index contributed by atoms with van der Waals surface area (Å²) >= 11 is 6.01. The molecule has 3 aromatic rings. The van der Waals surface area contributed by atoms with Crippen molar-refractivity contribution >= 4 is 34.6 Å². The lowest BCUT2D eigenvalue weighted by Crippen LogP contribution is -2.03. The molecule has 0 atom stereocenters. The monoisotopic (exact) mass is 354 g/mol. The number of hydrogen-bond donors (Lipinski definition) is 2. The maximum Gasteiger partial charge on any atom is 0.142 e. The molecule has 128 valence electrons. The Hall–Kier alpha value is -2.79. The fourth-order valence-corrected chi connectivity index (χ4v) is 2.71. The molecule has 2 N–H and O–H groups in total. The number of nitrogens with zero attached hydrogens (tertiary/aromatic N) is 2. The molecule has 1 aromatic heterocycles. The molecule has 0 fully saturated rings. The number of ether oxygens (including phenoxy) is 1. The highest BCUT2D eigenvalue weighted by Crippen LogP contribution is 2.28. The van der Waals surface area contributed by atoms with E-state index in [-0.39, 0.29) is 0 Å². The van der Waals surface area contributed by atoms with Gasteiger partial charge >= 0.3 is 0 Å². The maximum atomic E-state index is 6.01. The largest absolute Gasteiger partial charge is 0.495 e. The normalized spacial score (nSPS) is 10.4. The number of benzene rings is 2. The topological polar surface area (TPSA) is 59.1 Å². The summed E-state index contributed by atoms with van der Waals surface area (Å²) in [6, 6.07) is 15.2. The Balaban J connectivity index is 1.87. The van der Waals surface area contributed by atoms with Crippen molar-refractivity contribution in [3.05, 3.63) is 64.9 Å². The molecule has 6 heteroatoms. The van der Waals surface area contributed by atoms with E-state index in [1.54, 1.807) is 7.11 Å². The van der Waals surface area contributed by atoms with Crippen molar-refractivity contribution < 1.29 is 4.74 Å². The standard InChI is InChI=1S/C19H19ClN4O/c1-12-10-14(20)8-9-15(12)23-18-11-19(22-13(2)21-18)24-16-6-4-5-7-17(16)25-3/h4-11H,1-3H3,(H2,21,22,23,24). The summed E-state index contributed by atoms with van der Waals surface area (Å²) in [4.78, 5) is 8.89. The van der Waals surface area contributed by atoms with E-state index in [1.807, 2.05) is 62.4 Å². The van der Waals surface area contributed by atoms with Crippen LogP contribution in [-0.2, 0) is 0 Å². The lowest BCUT2D eigenvalue weighted by molar-refractivity contribution is 0.417. The van der Waals surface area contributed by atoms with Crippen LogP contribution in [0.3, 0.4) is 0 Å². The lowest BCUT2D eigenvalue weighted by Gasteiger charge is -2.13. The van der Waals surface area contributed by atoms with Crippen molar-refractivity contribution in [3.63, 3.8) is 0 Å². The van der Waals surface area contributed by atoms with Gasteiger partial charge in [-0.1, -0.05) is 23.7 Å². The third-order valence-electron chi connectivity index (χ3n) is 3.66. The van der Waals surface area contributed by atoms with Crippen molar-refractivity contribution in [2.75, 3.05) is 17.7 Å². The Bertz CT molecular complexity index is 898. The summed E-state index contributed by atoms with van der Waals surface area (Å²) in [5, 5.41) is 7.30. The first kappa shape index (κ1) is 17.0. The molecule has 0 aliphatic heterocycles. The highest BCUT2D eigenvalue weighted by molar-refractivity contribution is 6.30. The molecule has 0 amide bonds. The summed E-state index contributed by atoms with van der Waals surface area (Å²) in [5.74, 6) is 2.80. The molecular formula is C19H19ClN4O. The third-order valence-corrected chi connectivity index (χ3v) is 3.89. The van der Waals surface area contributed by atoms with E-state index in [0.717, 1.165) is 22.7 Å². The van der Waals surface area contributed by atoms with Gasteiger partial charge in [0.15, 0.2) is 0 Å². The van der Waals surface area contributed by atoms with E-state index < -0.39 is 0 Å². The van der Waals surface area contributed by atoms with Gasteiger partial charge in [0.05, 0.1) is 12.8 Å². The number of rotatable bonds is 5. The smallest absolute Gasteiger partial charge is 0.142 e. The first-order valence-electron chi connectivity index (χ1n) is 7.84. The molecule has 0 saturated carbocycles. The summed E-state index contributed by atoms with van der Waals surface area (Å²) in [7, 11) is 1.64. The predicted molar refractivity (Wildman–Crippen MR) is 103 cm³/mol. The minimum atomic E-state index is 0.661. The van der Waals surface area contributed by atoms with E-state index in [2.05, 4.69) is 20.6 Å². The van der Waals surface area contributed by atoms with Gasteiger partial charge in [-0.05, 0) is 49.7 Å². The zero-order chi connectivity index (χ0) is 17.8. The van der Waals surface area contributed by atoms with Crippen LogP contribution in [0.2, 0.25) is 5.02 Å². The fourth-order valence-electron chi connectivity index (χ4n) is 2.49. The van der Waals surface area contributed by atoms with Crippen LogP contribution >= 0.6 is 11.6 Å². The van der Waals surface area contributed by atoms with Crippen LogP contribution in [0.4, 0.5) is 23.0 Å². The molecule has 5 nitrogen and oxygen atoms in total. The zero-order valence-corrected chi connectivity index (χ0v) is 15.1. The van der Waals surface area contributed by atoms with Crippen LogP contribution in [-0.4, -0.2) is 17.1 Å². The SMILES string of the molecule is COc1ccccc1Nc1cc(Nc2ccc(Cl)cc2C)nc(C)n1. The highest BCUT2D eigenvalue weighted by atomic mass is 35.5. The first-order valence-corrected chi connectivity index (χ1v) is 8.22. The molecule has 1 heterocycles. The Morgan fingerprint density at radius 2 is 1.56 bits per heavy atom. The quantitative estimate of drug-likeness (QED) is 0.656. The van der Waals surface area contributed by atoms with Gasteiger partial charge in [-0.25, -0.2) is 9.97 Å². The van der Waals surface area contributed by atoms with Crippen LogP contribution in [0.5, 0.6) is 5.75 Å². The second-order valence-corrected chi connectivity index (χ2v) is 6.03. The van der Waals surface area contributed by atoms with Gasteiger partial charge in [0.25, 0.3) is 0 Å². The number of nitrogens with one attached hydrogen (secondary N) is 2. The van der Waals surface area contributed by atoms with Gasteiger partial charge in [-0.15, -0.1) is 0 Å². The molecule has 0 aliphatic rings. The van der Waals surface area contributed by atoms with Crippen LogP contribution < -0.4 is 15.4 Å². The number of aromatic nitrogens is 2. The molecule has 2 aromatic carbocycles. The van der Waals surface area contributed by atoms with Gasteiger partial charge in [0, 0.05) is 16.8 Å². The van der Waals surface area contributed by atoms with Gasteiger partial charge in [-0.2, -0.15) is 0 Å². The molecule has 0 aliphatic carbocycles. The number of hydrogen-bond acceptors (Lipinski definition) is 5. The molecule has 0 unspecified atom stereocenters. The Morgan fingerprint density at radius 1 is 0.880 bits per heavy atom. The molecule has 3 rings (SSSR count). The predicted octanol–water partition coefficient (Wildman–Crippen LogP) is 5.24. The number of halogens is 1. The Labute approximate surface area is 152 Å². The van der Waals surface area contributed by atoms with Crippen LogP contribution in [0.1, 0.15) is 11.4 Å². The van der Waals surface area contributed by atoms with Crippen molar-refractivity contribution in [2.45, 2.75) is 13.8 Å². The minimum absolute atomic E-state index is 0.661. The third kappa shape index (κ3) is 4.19. The minimum Gasteiger partial charge on any atom is -0.495 e. The van der Waals surface area contributed by atoms with Gasteiger partial charge < -0.3 is 15.4 Å². The van der Waals surface area contributed by atoms with Crippen molar-refractivity contribution in [1.29, 1.82) is 0 Å². The second kappa shape index (κ2) is 7.40. The number of aryl methyl sites for hydroxylation is 2. The number of methoxy groups -OCH3 is 1.